The van der Waals surface area contributed by atoms with Crippen molar-refractivity contribution in [2.45, 2.75) is 221 Å². The largest absolute Gasteiger partial charge is 0.256 e. The average molecular weight is 1170 g/mol. The van der Waals surface area contributed by atoms with Gasteiger partial charge in [-0.05, 0) is 227 Å². The Balaban J connectivity index is 1.26. The molecule has 0 fully saturated rings. The van der Waals surface area contributed by atoms with Gasteiger partial charge in [0.15, 0.2) is 0 Å². The molecule has 2 heterocycles. The van der Waals surface area contributed by atoms with Crippen molar-refractivity contribution in [2.24, 2.45) is 0 Å². The van der Waals surface area contributed by atoms with Crippen LogP contribution in [0.1, 0.15) is 215 Å². The number of rotatable bonds is 36. The average Bonchev–Trinajstić information content (AvgIpc) is 2.46. The van der Waals surface area contributed by atoms with Crippen molar-refractivity contribution in [3.63, 3.8) is 0 Å². The Morgan fingerprint density at radius 3 is 1.01 bits per heavy atom. The molecule has 0 aliphatic heterocycles. The molecule has 9 aromatic rings. The molecule has 0 saturated heterocycles. The lowest BCUT2D eigenvalue weighted by Gasteiger charge is -2.21. The minimum absolute atomic E-state index is 0.968. The number of unbranched alkanes of at least 4 members (excludes halogenated alkanes) is 20. The van der Waals surface area contributed by atoms with Crippen LogP contribution in [0.25, 0.3) is 89.3 Å². The second-order valence-corrected chi connectivity index (χ2v) is 25.7. The highest BCUT2D eigenvalue weighted by molar-refractivity contribution is 5.89. The molecule has 2 aromatic heterocycles. The van der Waals surface area contributed by atoms with Gasteiger partial charge in [0.25, 0.3) is 0 Å². The van der Waals surface area contributed by atoms with E-state index in [2.05, 4.69) is 199 Å². The van der Waals surface area contributed by atoms with Crippen molar-refractivity contribution >= 4 is 0 Å². The Morgan fingerprint density at radius 2 is 0.568 bits per heavy atom. The van der Waals surface area contributed by atoms with Crippen LogP contribution in [0, 0.1) is 13.8 Å². The lowest BCUT2D eigenvalue weighted by Crippen LogP contribution is -2.01. The normalized spacial score (nSPS) is 11.4. The zero-order chi connectivity index (χ0) is 61.1. The van der Waals surface area contributed by atoms with E-state index < -0.39 is 0 Å². The maximum Gasteiger partial charge on any atom is 0.0702 e. The first-order chi connectivity index (χ1) is 43.3. The molecule has 9 rings (SSSR count). The summed E-state index contributed by atoms with van der Waals surface area (Å²) in [4.78, 5) is 9.90. The number of pyridine rings is 2. The van der Waals surface area contributed by atoms with E-state index in [0.29, 0.717) is 0 Å². The number of hydrogen-bond donors (Lipinski definition) is 0. The second kappa shape index (κ2) is 35.1. The third-order valence-corrected chi connectivity index (χ3v) is 18.6. The van der Waals surface area contributed by atoms with Crippen LogP contribution in [-0.2, 0) is 25.7 Å². The highest BCUT2D eigenvalue weighted by Crippen LogP contribution is 2.43. The smallest absolute Gasteiger partial charge is 0.0702 e. The summed E-state index contributed by atoms with van der Waals surface area (Å²) in [7, 11) is 0. The van der Waals surface area contributed by atoms with E-state index in [0.717, 1.165) is 48.2 Å². The molecule has 2 heteroatoms. The van der Waals surface area contributed by atoms with Crippen LogP contribution in [0.3, 0.4) is 0 Å². The van der Waals surface area contributed by atoms with Crippen molar-refractivity contribution < 1.29 is 0 Å². The predicted octanol–water partition coefficient (Wildman–Crippen LogP) is 26.0. The molecule has 0 spiro atoms. The number of aryl methyl sites for hydroxylation is 6. The van der Waals surface area contributed by atoms with E-state index in [1.807, 2.05) is 24.5 Å². The quantitative estimate of drug-likeness (QED) is 0.0366. The van der Waals surface area contributed by atoms with Gasteiger partial charge in [0.2, 0.25) is 0 Å². The van der Waals surface area contributed by atoms with Crippen LogP contribution in [0.2, 0.25) is 0 Å². The fraction of sp³-hybridized carbons (Fsp3) is 0.395. The minimum Gasteiger partial charge on any atom is -0.256 e. The maximum atomic E-state index is 4.95. The van der Waals surface area contributed by atoms with Crippen LogP contribution in [0.4, 0.5) is 0 Å². The van der Waals surface area contributed by atoms with Gasteiger partial charge >= 0.3 is 0 Å². The molecule has 7 aromatic carbocycles. The lowest BCUT2D eigenvalue weighted by atomic mass is 9.83. The minimum atomic E-state index is 0.968. The van der Waals surface area contributed by atoms with Crippen LogP contribution >= 0.6 is 0 Å². The standard InChI is InChI=1S/C86H104N2/c1-7-11-15-19-23-27-40-67-62-83(69(54-66(67)6)41-28-24-20-16-12-8-2)76-56-74(75-58-78(85-49-33-35-51-87-85)61-79(59-75)86-50-34-36-52-88-86)57-77(60-76)84-64-72(42-29-25-21-17-13-9-3)82(63-73(84)43-30-26-22-18-14-10-4)71-46-38-45-70(55-71)81-48-32-31-47-80(81)68-44-37-39-65(5)53-68/h31-39,44-64H,7-30,40-43H2,1-6H3. The molecule has 2 nitrogen and oxygen atoms in total. The monoisotopic (exact) mass is 1160 g/mol. The molecule has 88 heavy (non-hydrogen) atoms. The van der Waals surface area contributed by atoms with E-state index in [-0.39, 0.29) is 0 Å². The van der Waals surface area contributed by atoms with Gasteiger partial charge < -0.3 is 0 Å². The Kier molecular flexibility index (Phi) is 26.1. The molecule has 0 unspecified atom stereocenters. The molecule has 0 atom stereocenters. The van der Waals surface area contributed by atoms with Crippen LogP contribution in [-0.4, -0.2) is 9.97 Å². The third-order valence-electron chi connectivity index (χ3n) is 18.6. The van der Waals surface area contributed by atoms with Gasteiger partial charge in [-0.1, -0.05) is 265 Å². The molecular weight excluding hydrogens is 1060 g/mol. The summed E-state index contributed by atoms with van der Waals surface area (Å²) < 4.78 is 0. The van der Waals surface area contributed by atoms with Crippen molar-refractivity contribution in [1.29, 1.82) is 0 Å². The van der Waals surface area contributed by atoms with Gasteiger partial charge in [-0.25, -0.2) is 0 Å². The first-order valence-corrected chi connectivity index (χ1v) is 35.0. The van der Waals surface area contributed by atoms with E-state index >= 15 is 0 Å². The SMILES string of the molecule is CCCCCCCCc1cc(-c2cc(-c3cc(-c4ccccn4)cc(-c4ccccn4)c3)cc(-c3cc(CCCCCCCC)c(-c4cccc(-c5ccccc5-c5cccc(C)c5)c4)cc3CCCCCCCC)c2)c(CCCCCCCC)cc1C. The highest BCUT2D eigenvalue weighted by Gasteiger charge is 2.20. The summed E-state index contributed by atoms with van der Waals surface area (Å²) in [5.41, 5.74) is 28.5. The zero-order valence-electron chi connectivity index (χ0n) is 55.0. The Morgan fingerprint density at radius 1 is 0.239 bits per heavy atom. The second-order valence-electron chi connectivity index (χ2n) is 25.7. The summed E-state index contributed by atoms with van der Waals surface area (Å²) in [5.74, 6) is 0. The fourth-order valence-corrected chi connectivity index (χ4v) is 13.5. The van der Waals surface area contributed by atoms with Gasteiger partial charge in [-0.3, -0.25) is 9.97 Å². The number of aromatic nitrogens is 2. The van der Waals surface area contributed by atoms with Crippen LogP contribution in [0.15, 0.2) is 182 Å². The van der Waals surface area contributed by atoms with Crippen molar-refractivity contribution in [3.8, 4) is 89.3 Å². The Hall–Kier alpha value is -7.16. The summed E-state index contributed by atoms with van der Waals surface area (Å²) in [6.07, 6.45) is 38.9. The lowest BCUT2D eigenvalue weighted by molar-refractivity contribution is 0.605. The molecule has 0 aliphatic rings. The van der Waals surface area contributed by atoms with E-state index in [1.165, 1.54) is 254 Å². The predicted molar refractivity (Wildman–Crippen MR) is 383 cm³/mol. The molecule has 0 amide bonds. The van der Waals surface area contributed by atoms with Gasteiger partial charge in [0.1, 0.15) is 0 Å². The number of nitrogens with zero attached hydrogens (tertiary/aromatic N) is 2. The molecule has 0 saturated carbocycles. The maximum absolute atomic E-state index is 4.95. The Labute approximate surface area is 533 Å². The molecular formula is C86H104N2. The van der Waals surface area contributed by atoms with Gasteiger partial charge in [-0.2, -0.15) is 0 Å². The number of hydrogen-bond acceptors (Lipinski definition) is 2. The molecule has 0 N–H and O–H groups in total. The van der Waals surface area contributed by atoms with Crippen molar-refractivity contribution in [1.82, 2.24) is 9.97 Å². The molecule has 0 bridgehead atoms. The fourth-order valence-electron chi connectivity index (χ4n) is 13.5. The molecule has 458 valence electrons. The van der Waals surface area contributed by atoms with Gasteiger partial charge in [0.05, 0.1) is 11.4 Å². The zero-order valence-corrected chi connectivity index (χ0v) is 55.0. The summed E-state index contributed by atoms with van der Waals surface area (Å²) in [5, 5.41) is 0. The first-order valence-electron chi connectivity index (χ1n) is 35.0. The summed E-state index contributed by atoms with van der Waals surface area (Å²) >= 11 is 0. The summed E-state index contributed by atoms with van der Waals surface area (Å²) in [6, 6.07) is 65.5. The van der Waals surface area contributed by atoms with Gasteiger partial charge in [-0.15, -0.1) is 0 Å². The molecule has 0 radical (unpaired) electrons. The van der Waals surface area contributed by atoms with Gasteiger partial charge in [0, 0.05) is 23.5 Å². The van der Waals surface area contributed by atoms with Crippen LogP contribution in [0.5, 0.6) is 0 Å². The van der Waals surface area contributed by atoms with Crippen molar-refractivity contribution in [3.05, 3.63) is 216 Å². The summed E-state index contributed by atoms with van der Waals surface area (Å²) in [6.45, 7) is 13.9. The van der Waals surface area contributed by atoms with Crippen LogP contribution < -0.4 is 0 Å². The molecule has 0 aliphatic carbocycles. The highest BCUT2D eigenvalue weighted by atomic mass is 14.7. The Bertz CT molecular complexity index is 3490. The first kappa shape index (κ1) is 65.3. The van der Waals surface area contributed by atoms with Crippen molar-refractivity contribution in [2.75, 3.05) is 0 Å². The van der Waals surface area contributed by atoms with E-state index in [9.17, 15) is 0 Å². The number of benzene rings is 7. The van der Waals surface area contributed by atoms with E-state index in [1.54, 1.807) is 0 Å². The topological polar surface area (TPSA) is 25.8 Å². The van der Waals surface area contributed by atoms with E-state index in [4.69, 9.17) is 9.97 Å². The third kappa shape index (κ3) is 18.7.